The molecule has 200 valence electrons. The zero-order chi connectivity index (χ0) is 28.3. The lowest BCUT2D eigenvalue weighted by Crippen LogP contribution is -2.17. The van der Waals surface area contributed by atoms with Crippen LogP contribution in [0.25, 0.3) is 43.8 Å². The van der Waals surface area contributed by atoms with Gasteiger partial charge in [-0.3, -0.25) is 0 Å². The van der Waals surface area contributed by atoms with Crippen molar-refractivity contribution in [1.29, 1.82) is 0 Å². The molecular formula is C41H31N. The van der Waals surface area contributed by atoms with Gasteiger partial charge < -0.3 is 4.90 Å². The number of rotatable bonds is 4. The lowest BCUT2D eigenvalue weighted by Gasteiger charge is -2.30. The second-order valence-corrected chi connectivity index (χ2v) is 11.8. The minimum Gasteiger partial charge on any atom is -0.310 e. The number of hydrogen-bond acceptors (Lipinski definition) is 1. The van der Waals surface area contributed by atoms with E-state index >= 15 is 0 Å². The molecule has 0 amide bonds. The van der Waals surface area contributed by atoms with E-state index in [9.17, 15) is 0 Å². The molecule has 8 rings (SSSR count). The molecule has 7 aromatic rings. The first kappa shape index (κ1) is 24.6. The molecule has 0 N–H and O–H groups in total. The summed E-state index contributed by atoms with van der Waals surface area (Å²) in [5, 5.41) is 5.00. The van der Waals surface area contributed by atoms with Crippen LogP contribution in [0, 0.1) is 0 Å². The Morgan fingerprint density at radius 2 is 1.05 bits per heavy atom. The van der Waals surface area contributed by atoms with Crippen LogP contribution in [-0.4, -0.2) is 0 Å². The zero-order valence-electron chi connectivity index (χ0n) is 23.9. The van der Waals surface area contributed by atoms with Crippen molar-refractivity contribution in [2.45, 2.75) is 19.3 Å². The van der Waals surface area contributed by atoms with Gasteiger partial charge in [-0.25, -0.2) is 0 Å². The number of hydrogen-bond donors (Lipinski definition) is 0. The van der Waals surface area contributed by atoms with Gasteiger partial charge in [-0.05, 0) is 79.7 Å². The standard InChI is InChI=1S/C41H31N/c1-41(2)37-22-11-10-20-34(37)35-25-24-31(27-38(35)41)42(30-16-4-3-5-17-30)39-26-23-29-14-7-9-19-33(29)40(39)36-21-12-15-28-13-6-8-18-32(28)36/h3-27H,1-2H3. The molecule has 0 aliphatic heterocycles. The third-order valence-corrected chi connectivity index (χ3v) is 9.05. The summed E-state index contributed by atoms with van der Waals surface area (Å²) in [5.41, 5.74) is 11.3. The fraction of sp³-hybridized carbons (Fsp3) is 0.0732. The van der Waals surface area contributed by atoms with E-state index in [1.165, 1.54) is 60.6 Å². The Bertz CT molecular complexity index is 2110. The maximum Gasteiger partial charge on any atom is 0.0546 e. The fourth-order valence-corrected chi connectivity index (χ4v) is 7.01. The van der Waals surface area contributed by atoms with Gasteiger partial charge >= 0.3 is 0 Å². The molecule has 0 heterocycles. The van der Waals surface area contributed by atoms with Crippen molar-refractivity contribution >= 4 is 38.6 Å². The average molecular weight is 538 g/mol. The summed E-state index contributed by atoms with van der Waals surface area (Å²) in [6.45, 7) is 4.71. The summed E-state index contributed by atoms with van der Waals surface area (Å²) in [6.07, 6.45) is 0. The highest BCUT2D eigenvalue weighted by Gasteiger charge is 2.36. The molecule has 0 bridgehead atoms. The van der Waals surface area contributed by atoms with Crippen molar-refractivity contribution in [2.75, 3.05) is 4.90 Å². The molecule has 0 atom stereocenters. The van der Waals surface area contributed by atoms with E-state index in [2.05, 4.69) is 170 Å². The predicted molar refractivity (Wildman–Crippen MR) is 179 cm³/mol. The molecule has 1 aliphatic rings. The minimum absolute atomic E-state index is 0.0772. The quantitative estimate of drug-likeness (QED) is 0.216. The van der Waals surface area contributed by atoms with Crippen molar-refractivity contribution in [1.82, 2.24) is 0 Å². The van der Waals surface area contributed by atoms with Crippen LogP contribution in [0.2, 0.25) is 0 Å². The normalized spacial score (nSPS) is 13.2. The predicted octanol–water partition coefficient (Wildman–Crippen LogP) is 11.4. The third kappa shape index (κ3) is 3.71. The molecule has 0 aromatic heterocycles. The highest BCUT2D eigenvalue weighted by Crippen LogP contribution is 2.52. The molecule has 0 fully saturated rings. The van der Waals surface area contributed by atoms with Gasteiger partial charge in [0.2, 0.25) is 0 Å². The lowest BCUT2D eigenvalue weighted by molar-refractivity contribution is 0.660. The molecule has 7 aromatic carbocycles. The Morgan fingerprint density at radius 1 is 0.429 bits per heavy atom. The van der Waals surface area contributed by atoms with Gasteiger partial charge in [-0.1, -0.05) is 135 Å². The third-order valence-electron chi connectivity index (χ3n) is 9.05. The summed E-state index contributed by atoms with van der Waals surface area (Å²) in [5.74, 6) is 0. The van der Waals surface area contributed by atoms with Gasteiger partial charge in [0, 0.05) is 22.4 Å². The van der Waals surface area contributed by atoms with E-state index in [0.717, 1.165) is 11.4 Å². The number of nitrogens with zero attached hydrogens (tertiary/aromatic N) is 1. The van der Waals surface area contributed by atoms with E-state index in [-0.39, 0.29) is 5.41 Å². The van der Waals surface area contributed by atoms with E-state index in [4.69, 9.17) is 0 Å². The van der Waals surface area contributed by atoms with Gasteiger partial charge in [-0.2, -0.15) is 0 Å². The van der Waals surface area contributed by atoms with Crippen LogP contribution >= 0.6 is 0 Å². The Kier molecular flexibility index (Phi) is 5.55. The maximum absolute atomic E-state index is 2.45. The smallest absolute Gasteiger partial charge is 0.0546 e. The first-order valence-electron chi connectivity index (χ1n) is 14.7. The zero-order valence-corrected chi connectivity index (χ0v) is 23.9. The highest BCUT2D eigenvalue weighted by atomic mass is 15.1. The molecule has 0 saturated heterocycles. The Labute approximate surface area is 247 Å². The summed E-state index contributed by atoms with van der Waals surface area (Å²) >= 11 is 0. The van der Waals surface area contributed by atoms with Gasteiger partial charge in [-0.15, -0.1) is 0 Å². The molecule has 1 aliphatic carbocycles. The maximum atomic E-state index is 2.45. The van der Waals surface area contributed by atoms with Crippen LogP contribution in [0.4, 0.5) is 17.1 Å². The Morgan fingerprint density at radius 3 is 1.88 bits per heavy atom. The summed E-state index contributed by atoms with van der Waals surface area (Å²) in [7, 11) is 0. The number of para-hydroxylation sites is 1. The van der Waals surface area contributed by atoms with Crippen LogP contribution in [0.1, 0.15) is 25.0 Å². The van der Waals surface area contributed by atoms with Crippen LogP contribution in [-0.2, 0) is 5.41 Å². The van der Waals surface area contributed by atoms with Crippen molar-refractivity contribution in [3.63, 3.8) is 0 Å². The van der Waals surface area contributed by atoms with Gasteiger partial charge in [0.05, 0.1) is 5.69 Å². The van der Waals surface area contributed by atoms with Crippen LogP contribution in [0.15, 0.2) is 152 Å². The average Bonchev–Trinajstić information content (AvgIpc) is 3.27. The van der Waals surface area contributed by atoms with Crippen LogP contribution in [0.3, 0.4) is 0 Å². The number of fused-ring (bicyclic) bond motifs is 5. The molecule has 0 saturated carbocycles. The molecule has 0 unspecified atom stereocenters. The van der Waals surface area contributed by atoms with Crippen molar-refractivity contribution in [2.24, 2.45) is 0 Å². The van der Waals surface area contributed by atoms with Crippen molar-refractivity contribution in [3.8, 4) is 22.3 Å². The second-order valence-electron chi connectivity index (χ2n) is 11.8. The monoisotopic (exact) mass is 537 g/mol. The Hall–Kier alpha value is -5.14. The molecule has 1 heteroatoms. The Balaban J connectivity index is 1.43. The summed E-state index contributed by atoms with van der Waals surface area (Å²) in [4.78, 5) is 2.45. The molecule has 42 heavy (non-hydrogen) atoms. The second kappa shape index (κ2) is 9.46. The highest BCUT2D eigenvalue weighted by molar-refractivity contribution is 6.11. The van der Waals surface area contributed by atoms with Crippen LogP contribution in [0.5, 0.6) is 0 Å². The molecule has 0 radical (unpaired) electrons. The van der Waals surface area contributed by atoms with E-state index < -0.39 is 0 Å². The lowest BCUT2D eigenvalue weighted by atomic mass is 9.82. The molecule has 1 nitrogen and oxygen atoms in total. The first-order chi connectivity index (χ1) is 20.6. The van der Waals surface area contributed by atoms with Gasteiger partial charge in [0.15, 0.2) is 0 Å². The minimum atomic E-state index is -0.0772. The number of benzene rings is 7. The fourth-order valence-electron chi connectivity index (χ4n) is 7.01. The molecule has 0 spiro atoms. The van der Waals surface area contributed by atoms with Crippen LogP contribution < -0.4 is 4.90 Å². The van der Waals surface area contributed by atoms with E-state index in [0.29, 0.717) is 0 Å². The topological polar surface area (TPSA) is 3.24 Å². The first-order valence-corrected chi connectivity index (χ1v) is 14.7. The van der Waals surface area contributed by atoms with Crippen molar-refractivity contribution < 1.29 is 0 Å². The van der Waals surface area contributed by atoms with E-state index in [1.807, 2.05) is 0 Å². The number of anilines is 3. The summed E-state index contributed by atoms with van der Waals surface area (Å²) in [6, 6.07) is 55.4. The SMILES string of the molecule is CC1(C)c2ccccc2-c2ccc(N(c3ccccc3)c3ccc4ccccc4c3-c3cccc4ccccc34)cc21. The summed E-state index contributed by atoms with van der Waals surface area (Å²) < 4.78 is 0. The largest absolute Gasteiger partial charge is 0.310 e. The van der Waals surface area contributed by atoms with Gasteiger partial charge in [0.1, 0.15) is 0 Å². The van der Waals surface area contributed by atoms with Crippen molar-refractivity contribution in [3.05, 3.63) is 163 Å². The van der Waals surface area contributed by atoms with Gasteiger partial charge in [0.25, 0.3) is 0 Å². The van der Waals surface area contributed by atoms with E-state index in [1.54, 1.807) is 0 Å². The molecular weight excluding hydrogens is 506 g/mol.